The summed E-state index contributed by atoms with van der Waals surface area (Å²) in [5.74, 6) is 0.773. The molecule has 17 heavy (non-hydrogen) atoms. The van der Waals surface area contributed by atoms with Gasteiger partial charge >= 0.3 is 0 Å². The number of hydrogen-bond donors (Lipinski definition) is 2. The van der Waals surface area contributed by atoms with E-state index in [4.69, 9.17) is 17.0 Å². The van der Waals surface area contributed by atoms with Gasteiger partial charge in [-0.25, -0.2) is 0 Å². The average Bonchev–Trinajstić information content (AvgIpc) is 2.34. The van der Waals surface area contributed by atoms with Crippen molar-refractivity contribution in [2.24, 2.45) is 0 Å². The summed E-state index contributed by atoms with van der Waals surface area (Å²) in [5.41, 5.74) is 2.09. The zero-order valence-corrected chi connectivity index (χ0v) is 10.4. The van der Waals surface area contributed by atoms with E-state index in [1.165, 1.54) is 0 Å². The lowest BCUT2D eigenvalue weighted by atomic mass is 10.1. The van der Waals surface area contributed by atoms with Crippen LogP contribution >= 0.6 is 12.2 Å². The number of aromatic amines is 2. The van der Waals surface area contributed by atoms with Crippen molar-refractivity contribution < 1.29 is 4.74 Å². The Hall–Kier alpha value is -1.88. The number of H-pyrrole nitrogens is 2. The maximum Gasteiger partial charge on any atom is 0.255 e. The van der Waals surface area contributed by atoms with E-state index in [-0.39, 0.29) is 5.56 Å². The van der Waals surface area contributed by atoms with Crippen molar-refractivity contribution in [2.75, 3.05) is 7.11 Å². The van der Waals surface area contributed by atoms with Gasteiger partial charge in [0.05, 0.1) is 12.8 Å². The van der Waals surface area contributed by atoms with Crippen LogP contribution < -0.4 is 10.3 Å². The fraction of sp³-hybridized carbons (Fsp3) is 0.167. The monoisotopic (exact) mass is 248 g/mol. The minimum absolute atomic E-state index is 0.167. The van der Waals surface area contributed by atoms with E-state index in [0.717, 1.165) is 17.0 Å². The van der Waals surface area contributed by atoms with Crippen LogP contribution in [0, 0.1) is 11.7 Å². The molecule has 0 bridgehead atoms. The van der Waals surface area contributed by atoms with Crippen molar-refractivity contribution in [1.82, 2.24) is 9.97 Å². The Morgan fingerprint density at radius 3 is 2.41 bits per heavy atom. The number of rotatable bonds is 2. The number of nitrogens with one attached hydrogen (secondary N) is 2. The largest absolute Gasteiger partial charge is 0.497 e. The van der Waals surface area contributed by atoms with Crippen LogP contribution in [0.15, 0.2) is 29.1 Å². The van der Waals surface area contributed by atoms with E-state index >= 15 is 0 Å². The first-order valence-corrected chi connectivity index (χ1v) is 5.50. The Morgan fingerprint density at radius 2 is 1.82 bits per heavy atom. The number of methoxy groups -OCH3 is 1. The molecule has 4 nitrogen and oxygen atoms in total. The molecule has 0 saturated carbocycles. The van der Waals surface area contributed by atoms with E-state index in [9.17, 15) is 4.79 Å². The van der Waals surface area contributed by atoms with Crippen molar-refractivity contribution >= 4 is 12.2 Å². The van der Waals surface area contributed by atoms with E-state index in [0.29, 0.717) is 10.3 Å². The maximum absolute atomic E-state index is 11.6. The molecule has 0 atom stereocenters. The van der Waals surface area contributed by atoms with Crippen LogP contribution in [-0.4, -0.2) is 17.1 Å². The van der Waals surface area contributed by atoms with E-state index in [1.54, 1.807) is 14.0 Å². The number of hydrogen-bond acceptors (Lipinski definition) is 3. The lowest BCUT2D eigenvalue weighted by Gasteiger charge is -2.06. The van der Waals surface area contributed by atoms with Gasteiger partial charge in [-0.05, 0) is 49.0 Å². The van der Waals surface area contributed by atoms with Crippen molar-refractivity contribution in [3.05, 3.63) is 45.0 Å². The molecule has 0 aliphatic rings. The molecule has 0 aliphatic heterocycles. The molecule has 2 rings (SSSR count). The topological polar surface area (TPSA) is 57.9 Å². The molecule has 2 aromatic rings. The van der Waals surface area contributed by atoms with Gasteiger partial charge in [0.25, 0.3) is 5.56 Å². The molecule has 1 heterocycles. The van der Waals surface area contributed by atoms with Gasteiger partial charge in [-0.15, -0.1) is 0 Å². The van der Waals surface area contributed by atoms with Crippen LogP contribution in [0.2, 0.25) is 0 Å². The SMILES string of the molecule is COc1ccc(-c2[nH]c(=S)[nH]c(=O)c2C)cc1. The van der Waals surface area contributed by atoms with Crippen LogP contribution in [0.1, 0.15) is 5.56 Å². The molecule has 0 spiro atoms. The first kappa shape index (κ1) is 11.6. The highest BCUT2D eigenvalue weighted by atomic mass is 32.1. The summed E-state index contributed by atoms with van der Waals surface area (Å²) >= 11 is 4.96. The molecule has 1 aromatic carbocycles. The minimum Gasteiger partial charge on any atom is -0.497 e. The first-order valence-electron chi connectivity index (χ1n) is 5.09. The summed E-state index contributed by atoms with van der Waals surface area (Å²) < 4.78 is 5.41. The molecule has 0 fully saturated rings. The fourth-order valence-electron chi connectivity index (χ4n) is 1.60. The van der Waals surface area contributed by atoms with E-state index in [1.807, 2.05) is 24.3 Å². The van der Waals surface area contributed by atoms with E-state index in [2.05, 4.69) is 9.97 Å². The molecule has 1 aromatic heterocycles. The summed E-state index contributed by atoms with van der Waals surface area (Å²) in [6.07, 6.45) is 0. The van der Waals surface area contributed by atoms with Gasteiger partial charge in [0.15, 0.2) is 4.77 Å². The molecule has 0 aliphatic carbocycles. The van der Waals surface area contributed by atoms with Gasteiger partial charge in [-0.1, -0.05) is 0 Å². The second kappa shape index (κ2) is 4.55. The van der Waals surface area contributed by atoms with Crippen LogP contribution in [0.4, 0.5) is 0 Å². The Kier molecular flexibility index (Phi) is 3.10. The molecular formula is C12H12N2O2S. The second-order valence-corrected chi connectivity index (χ2v) is 4.04. The highest BCUT2D eigenvalue weighted by Gasteiger charge is 2.05. The first-order chi connectivity index (χ1) is 8.11. The van der Waals surface area contributed by atoms with Gasteiger partial charge in [0, 0.05) is 5.56 Å². The van der Waals surface area contributed by atoms with Gasteiger partial charge in [0.2, 0.25) is 0 Å². The molecule has 2 N–H and O–H groups in total. The Morgan fingerprint density at radius 1 is 1.18 bits per heavy atom. The molecule has 0 unspecified atom stereocenters. The van der Waals surface area contributed by atoms with Crippen molar-refractivity contribution in [2.45, 2.75) is 6.92 Å². The Bertz CT molecular complexity index is 641. The third-order valence-corrected chi connectivity index (χ3v) is 2.76. The highest BCUT2D eigenvalue weighted by molar-refractivity contribution is 7.71. The molecule has 0 radical (unpaired) electrons. The van der Waals surface area contributed by atoms with Crippen LogP contribution in [0.5, 0.6) is 5.75 Å². The molecule has 5 heteroatoms. The van der Waals surface area contributed by atoms with Crippen LogP contribution in [-0.2, 0) is 0 Å². The van der Waals surface area contributed by atoms with Crippen LogP contribution in [0.25, 0.3) is 11.3 Å². The second-order valence-electron chi connectivity index (χ2n) is 3.64. The molecule has 88 valence electrons. The molecular weight excluding hydrogens is 236 g/mol. The lowest BCUT2D eigenvalue weighted by Crippen LogP contribution is -2.12. The maximum atomic E-state index is 11.6. The quantitative estimate of drug-likeness (QED) is 0.802. The lowest BCUT2D eigenvalue weighted by molar-refractivity contribution is 0.415. The summed E-state index contributed by atoms with van der Waals surface area (Å²) in [5, 5.41) is 0. The average molecular weight is 248 g/mol. The van der Waals surface area contributed by atoms with Crippen LogP contribution in [0.3, 0.4) is 0 Å². The van der Waals surface area contributed by atoms with E-state index < -0.39 is 0 Å². The third-order valence-electron chi connectivity index (χ3n) is 2.56. The standard InChI is InChI=1S/C12H12N2O2S/c1-7-10(13-12(17)14-11(7)15)8-3-5-9(16-2)6-4-8/h3-6H,1-2H3,(H2,13,14,15,17). The van der Waals surface area contributed by atoms with Crippen molar-refractivity contribution in [3.8, 4) is 17.0 Å². The normalized spacial score (nSPS) is 10.2. The van der Waals surface area contributed by atoms with Crippen molar-refractivity contribution in [3.63, 3.8) is 0 Å². The van der Waals surface area contributed by atoms with Gasteiger partial charge in [0.1, 0.15) is 5.75 Å². The number of aromatic nitrogens is 2. The summed E-state index contributed by atoms with van der Waals surface area (Å²) in [7, 11) is 1.61. The van der Waals surface area contributed by atoms with Gasteiger partial charge in [-0.3, -0.25) is 9.78 Å². The summed E-state index contributed by atoms with van der Waals surface area (Å²) in [6.45, 7) is 1.75. The molecule has 0 amide bonds. The van der Waals surface area contributed by atoms with Crippen molar-refractivity contribution in [1.29, 1.82) is 0 Å². The summed E-state index contributed by atoms with van der Waals surface area (Å²) in [6, 6.07) is 7.44. The fourth-order valence-corrected chi connectivity index (χ4v) is 1.79. The third kappa shape index (κ3) is 2.29. The smallest absolute Gasteiger partial charge is 0.255 e. The molecule has 0 saturated heterocycles. The Labute approximate surface area is 103 Å². The highest BCUT2D eigenvalue weighted by Crippen LogP contribution is 2.21. The van der Waals surface area contributed by atoms with Gasteiger partial charge in [-0.2, -0.15) is 0 Å². The zero-order valence-electron chi connectivity index (χ0n) is 9.53. The predicted molar refractivity (Wildman–Crippen MR) is 69.0 cm³/mol. The number of benzene rings is 1. The minimum atomic E-state index is -0.167. The predicted octanol–water partition coefficient (Wildman–Crippen LogP) is 2.42. The zero-order chi connectivity index (χ0) is 12.4. The Balaban J connectivity index is 2.60. The van der Waals surface area contributed by atoms with Gasteiger partial charge < -0.3 is 9.72 Å². The summed E-state index contributed by atoms with van der Waals surface area (Å²) in [4.78, 5) is 17.1. The number of ether oxygens (including phenoxy) is 1.